The molecule has 34 heavy (non-hydrogen) atoms. The minimum Gasteiger partial charge on any atom is -0.497 e. The molecule has 0 fully saturated rings. The van der Waals surface area contributed by atoms with Crippen LogP contribution in [0, 0.1) is 5.92 Å². The van der Waals surface area contributed by atoms with Crippen LogP contribution in [0.3, 0.4) is 0 Å². The van der Waals surface area contributed by atoms with E-state index in [2.05, 4.69) is 31.8 Å². The number of hydrogen-bond acceptors (Lipinski definition) is 6. The van der Waals surface area contributed by atoms with Crippen molar-refractivity contribution in [2.75, 3.05) is 20.3 Å². The number of hydrazone groups is 1. The number of benzene rings is 2. The minimum absolute atomic E-state index is 0.147. The fourth-order valence-electron chi connectivity index (χ4n) is 3.01. The minimum atomic E-state index is -0.762. The number of carbonyl (C=O) groups excluding carboxylic acids is 2. The van der Waals surface area contributed by atoms with E-state index in [-0.39, 0.29) is 11.8 Å². The van der Waals surface area contributed by atoms with Crippen LogP contribution in [0.1, 0.15) is 50.0 Å². The van der Waals surface area contributed by atoms with Crippen LogP contribution < -0.4 is 25.0 Å². The summed E-state index contributed by atoms with van der Waals surface area (Å²) in [5.41, 5.74) is 3.66. The van der Waals surface area contributed by atoms with E-state index in [1.54, 1.807) is 37.4 Å². The molecule has 1 unspecified atom stereocenters. The molecule has 0 aliphatic rings. The van der Waals surface area contributed by atoms with Gasteiger partial charge in [-0.1, -0.05) is 20.8 Å². The second-order valence-electron chi connectivity index (χ2n) is 7.77. The van der Waals surface area contributed by atoms with E-state index in [0.29, 0.717) is 41.6 Å². The molecule has 0 aliphatic heterocycles. The second-order valence-corrected chi connectivity index (χ2v) is 8.62. The summed E-state index contributed by atoms with van der Waals surface area (Å²) in [7, 11) is 1.56. The average Bonchev–Trinajstić information content (AvgIpc) is 2.81. The first-order valence-corrected chi connectivity index (χ1v) is 12.0. The molecule has 0 spiro atoms. The van der Waals surface area contributed by atoms with Crippen LogP contribution >= 0.6 is 15.9 Å². The molecule has 2 aromatic carbocycles. The summed E-state index contributed by atoms with van der Waals surface area (Å²) in [4.78, 5) is 25.3. The van der Waals surface area contributed by atoms with Gasteiger partial charge in [0.15, 0.2) is 11.5 Å². The Morgan fingerprint density at radius 3 is 2.41 bits per heavy atom. The summed E-state index contributed by atoms with van der Waals surface area (Å²) in [6.45, 7) is 8.68. The number of methoxy groups -OCH3 is 1. The lowest BCUT2D eigenvalue weighted by Crippen LogP contribution is -2.48. The monoisotopic (exact) mass is 533 g/mol. The third-order valence-electron chi connectivity index (χ3n) is 4.76. The topological polar surface area (TPSA) is 98.2 Å². The Balaban J connectivity index is 2.08. The molecule has 8 nitrogen and oxygen atoms in total. The number of rotatable bonds is 12. The molecule has 0 heterocycles. The first-order chi connectivity index (χ1) is 16.3. The smallest absolute Gasteiger partial charge is 0.262 e. The van der Waals surface area contributed by atoms with E-state index >= 15 is 0 Å². The van der Waals surface area contributed by atoms with Gasteiger partial charge in [-0.3, -0.25) is 9.59 Å². The van der Waals surface area contributed by atoms with Crippen LogP contribution in [0.25, 0.3) is 0 Å². The van der Waals surface area contributed by atoms with Gasteiger partial charge in [0.1, 0.15) is 11.8 Å². The lowest BCUT2D eigenvalue weighted by Gasteiger charge is -2.20. The predicted molar refractivity (Wildman–Crippen MR) is 136 cm³/mol. The number of carbonyl (C=O) groups is 2. The first-order valence-electron chi connectivity index (χ1n) is 11.2. The highest BCUT2D eigenvalue weighted by Crippen LogP contribution is 2.36. The highest BCUT2D eigenvalue weighted by atomic mass is 79.9. The molecule has 2 N–H and O–H groups in total. The fourth-order valence-corrected chi connectivity index (χ4v) is 3.59. The van der Waals surface area contributed by atoms with Crippen molar-refractivity contribution in [1.29, 1.82) is 0 Å². The maximum Gasteiger partial charge on any atom is 0.262 e. The van der Waals surface area contributed by atoms with Crippen molar-refractivity contribution in [3.63, 3.8) is 0 Å². The maximum atomic E-state index is 12.7. The van der Waals surface area contributed by atoms with Crippen molar-refractivity contribution in [3.05, 3.63) is 52.0 Å². The lowest BCUT2D eigenvalue weighted by atomic mass is 10.0. The van der Waals surface area contributed by atoms with Gasteiger partial charge in [-0.25, -0.2) is 5.43 Å². The Morgan fingerprint density at radius 1 is 1.12 bits per heavy atom. The van der Waals surface area contributed by atoms with Gasteiger partial charge < -0.3 is 19.5 Å². The Morgan fingerprint density at radius 2 is 1.82 bits per heavy atom. The van der Waals surface area contributed by atoms with Gasteiger partial charge in [0.25, 0.3) is 11.8 Å². The molecular weight excluding hydrogens is 502 g/mol. The zero-order valence-electron chi connectivity index (χ0n) is 20.2. The van der Waals surface area contributed by atoms with E-state index < -0.39 is 11.9 Å². The van der Waals surface area contributed by atoms with E-state index in [4.69, 9.17) is 14.2 Å². The number of hydrogen-bond donors (Lipinski definition) is 2. The van der Waals surface area contributed by atoms with Crippen LogP contribution in [0.4, 0.5) is 0 Å². The molecule has 2 aromatic rings. The van der Waals surface area contributed by atoms with Gasteiger partial charge in [-0.05, 0) is 77.2 Å². The number of nitrogens with zero attached hydrogens (tertiary/aromatic N) is 1. The number of amides is 2. The summed E-state index contributed by atoms with van der Waals surface area (Å²) in [6.07, 6.45) is 2.39. The van der Waals surface area contributed by atoms with Crippen molar-refractivity contribution in [1.82, 2.24) is 10.7 Å². The Hall–Kier alpha value is -3.07. The molecule has 0 bridgehead atoms. The zero-order chi connectivity index (χ0) is 25.1. The molecule has 0 aromatic heterocycles. The van der Waals surface area contributed by atoms with Crippen molar-refractivity contribution < 1.29 is 23.8 Å². The summed E-state index contributed by atoms with van der Waals surface area (Å²) in [6, 6.07) is 9.53. The summed E-state index contributed by atoms with van der Waals surface area (Å²) < 4.78 is 17.3. The third kappa shape index (κ3) is 7.76. The summed E-state index contributed by atoms with van der Waals surface area (Å²) in [5, 5.41) is 6.84. The quantitative estimate of drug-likeness (QED) is 0.308. The van der Waals surface area contributed by atoms with Gasteiger partial charge in [-0.15, -0.1) is 0 Å². The molecule has 9 heteroatoms. The largest absolute Gasteiger partial charge is 0.497 e. The van der Waals surface area contributed by atoms with Crippen LogP contribution in [0.15, 0.2) is 46.0 Å². The molecule has 0 aliphatic carbocycles. The molecule has 1 atom stereocenters. The fraction of sp³-hybridized carbons (Fsp3) is 0.400. The second kappa shape index (κ2) is 13.6. The summed E-state index contributed by atoms with van der Waals surface area (Å²) >= 11 is 3.51. The number of halogens is 1. The van der Waals surface area contributed by atoms with Crippen molar-refractivity contribution in [2.45, 2.75) is 40.2 Å². The SMILES string of the molecule is CCCOc1c(Br)cc(C=NNC(=O)C(NC(=O)c2ccc(OC)cc2)C(C)C)cc1OCC. The average molecular weight is 534 g/mol. The molecule has 2 amide bonds. The molecule has 0 saturated carbocycles. The molecule has 0 saturated heterocycles. The van der Waals surface area contributed by atoms with Crippen LogP contribution in [0.2, 0.25) is 0 Å². The number of nitrogens with one attached hydrogen (secondary N) is 2. The Bertz CT molecular complexity index is 993. The predicted octanol–water partition coefficient (Wildman–Crippen LogP) is 4.55. The molecule has 184 valence electrons. The standard InChI is InChI=1S/C25H32BrN3O5/c1-6-12-34-23-20(26)13-17(14-21(23)33-7-2)15-27-29-25(31)22(16(3)4)28-24(30)18-8-10-19(32-5)11-9-18/h8-11,13-16,22H,6-7,12H2,1-5H3,(H,28,30)(H,29,31). The van der Waals surface area contributed by atoms with Gasteiger partial charge in [0.05, 0.1) is 31.0 Å². The molecule has 0 radical (unpaired) electrons. The van der Waals surface area contributed by atoms with Crippen molar-refractivity contribution in [3.8, 4) is 17.2 Å². The molecular formula is C25H32BrN3O5. The Kier molecular flexibility index (Phi) is 10.9. The Labute approximate surface area is 209 Å². The van der Waals surface area contributed by atoms with Gasteiger partial charge in [0, 0.05) is 5.56 Å². The van der Waals surface area contributed by atoms with Crippen LogP contribution in [-0.2, 0) is 4.79 Å². The van der Waals surface area contributed by atoms with E-state index in [9.17, 15) is 9.59 Å². The van der Waals surface area contributed by atoms with E-state index in [1.807, 2.05) is 33.8 Å². The maximum absolute atomic E-state index is 12.7. The van der Waals surface area contributed by atoms with Gasteiger partial charge in [0.2, 0.25) is 0 Å². The highest BCUT2D eigenvalue weighted by Gasteiger charge is 2.24. The first kappa shape index (κ1) is 27.2. The van der Waals surface area contributed by atoms with Gasteiger partial charge >= 0.3 is 0 Å². The lowest BCUT2D eigenvalue weighted by molar-refractivity contribution is -0.123. The van der Waals surface area contributed by atoms with Gasteiger partial charge in [-0.2, -0.15) is 5.10 Å². The van der Waals surface area contributed by atoms with Crippen LogP contribution in [0.5, 0.6) is 17.2 Å². The zero-order valence-corrected chi connectivity index (χ0v) is 21.8. The normalized spacial score (nSPS) is 11.9. The summed E-state index contributed by atoms with van der Waals surface area (Å²) in [5.74, 6) is 0.948. The molecule has 2 rings (SSSR count). The third-order valence-corrected chi connectivity index (χ3v) is 5.35. The van der Waals surface area contributed by atoms with E-state index in [1.165, 1.54) is 6.21 Å². The van der Waals surface area contributed by atoms with Crippen LogP contribution in [-0.4, -0.2) is 44.4 Å². The highest BCUT2D eigenvalue weighted by molar-refractivity contribution is 9.10. The van der Waals surface area contributed by atoms with Crippen molar-refractivity contribution >= 4 is 34.0 Å². The number of ether oxygens (including phenoxy) is 3. The van der Waals surface area contributed by atoms with E-state index in [0.717, 1.165) is 10.9 Å². The van der Waals surface area contributed by atoms with Crippen molar-refractivity contribution in [2.24, 2.45) is 11.0 Å².